The fourth-order valence-corrected chi connectivity index (χ4v) is 5.71. The molecule has 9 heteroatoms. The number of nitrogens with two attached hydrogens (primary N) is 1. The van der Waals surface area contributed by atoms with E-state index in [-0.39, 0.29) is 28.8 Å². The molecular formula is C21H22ClFN4O2S. The molecule has 0 amide bonds. The molecule has 0 spiro atoms. The molecule has 0 atom stereocenters. The lowest BCUT2D eigenvalue weighted by Crippen LogP contribution is -2.25. The van der Waals surface area contributed by atoms with Gasteiger partial charge in [0.25, 0.3) is 0 Å². The molecule has 4 rings (SSSR count). The Morgan fingerprint density at radius 1 is 0.967 bits per heavy atom. The molecule has 1 fully saturated rings. The van der Waals surface area contributed by atoms with Crippen molar-refractivity contribution in [2.24, 2.45) is 0 Å². The molecule has 0 saturated heterocycles. The lowest BCUT2D eigenvalue weighted by atomic mass is 10.0. The number of benzene rings is 1. The largest absolute Gasteiger partial charge is 0.382 e. The molecule has 0 bridgehead atoms. The number of anilines is 1. The first-order valence-corrected chi connectivity index (χ1v) is 11.1. The van der Waals surface area contributed by atoms with Crippen molar-refractivity contribution >= 4 is 28.1 Å². The van der Waals surface area contributed by atoms with E-state index in [0.717, 1.165) is 19.3 Å². The highest BCUT2D eigenvalue weighted by Crippen LogP contribution is 2.34. The van der Waals surface area contributed by atoms with Crippen molar-refractivity contribution in [3.8, 4) is 22.4 Å². The van der Waals surface area contributed by atoms with Crippen LogP contribution in [0.5, 0.6) is 0 Å². The van der Waals surface area contributed by atoms with Gasteiger partial charge in [0.1, 0.15) is 11.6 Å². The van der Waals surface area contributed by atoms with Gasteiger partial charge in [-0.1, -0.05) is 25.3 Å². The van der Waals surface area contributed by atoms with Gasteiger partial charge in [0.2, 0.25) is 0 Å². The molecule has 0 radical (unpaired) electrons. The van der Waals surface area contributed by atoms with Crippen LogP contribution >= 0.6 is 12.4 Å². The zero-order chi connectivity index (χ0) is 20.4. The van der Waals surface area contributed by atoms with E-state index in [1.807, 2.05) is 0 Å². The fraction of sp³-hybridized carbons (Fsp3) is 0.286. The Kier molecular flexibility index (Phi) is 6.67. The molecule has 2 heterocycles. The van der Waals surface area contributed by atoms with Gasteiger partial charge in [-0.3, -0.25) is 4.98 Å². The minimum Gasteiger partial charge on any atom is -0.382 e. The van der Waals surface area contributed by atoms with Crippen LogP contribution in [0.3, 0.4) is 0 Å². The first kappa shape index (κ1) is 22.1. The van der Waals surface area contributed by atoms with E-state index in [1.54, 1.807) is 24.3 Å². The first-order chi connectivity index (χ1) is 14.0. The predicted molar refractivity (Wildman–Crippen MR) is 116 cm³/mol. The summed E-state index contributed by atoms with van der Waals surface area (Å²) in [5, 5.41) is -0.412. The number of hydrogen-bond acceptors (Lipinski definition) is 6. The van der Waals surface area contributed by atoms with E-state index in [4.69, 9.17) is 5.73 Å². The molecule has 0 unspecified atom stereocenters. The van der Waals surface area contributed by atoms with Gasteiger partial charge >= 0.3 is 0 Å². The smallest absolute Gasteiger partial charge is 0.199 e. The van der Waals surface area contributed by atoms with Gasteiger partial charge in [-0.2, -0.15) is 0 Å². The Morgan fingerprint density at radius 2 is 1.73 bits per heavy atom. The lowest BCUT2D eigenvalue weighted by Gasteiger charge is -2.22. The van der Waals surface area contributed by atoms with Gasteiger partial charge in [-0.15, -0.1) is 12.4 Å². The highest BCUT2D eigenvalue weighted by atomic mass is 35.5. The average molecular weight is 449 g/mol. The monoisotopic (exact) mass is 448 g/mol. The molecule has 0 aliphatic heterocycles. The van der Waals surface area contributed by atoms with Crippen LogP contribution in [0.1, 0.15) is 32.1 Å². The number of rotatable bonds is 4. The third-order valence-corrected chi connectivity index (χ3v) is 7.47. The van der Waals surface area contributed by atoms with Crippen molar-refractivity contribution in [2.45, 2.75) is 42.4 Å². The molecule has 1 aliphatic carbocycles. The van der Waals surface area contributed by atoms with E-state index in [9.17, 15) is 12.8 Å². The number of aromatic nitrogens is 3. The summed E-state index contributed by atoms with van der Waals surface area (Å²) in [6.07, 6.45) is 8.36. The van der Waals surface area contributed by atoms with E-state index < -0.39 is 20.9 Å². The van der Waals surface area contributed by atoms with Crippen molar-refractivity contribution in [3.63, 3.8) is 0 Å². The fourth-order valence-electron chi connectivity index (χ4n) is 3.74. The van der Waals surface area contributed by atoms with Gasteiger partial charge in [-0.05, 0) is 42.7 Å². The summed E-state index contributed by atoms with van der Waals surface area (Å²) in [5.74, 6) is -0.273. The zero-order valence-corrected chi connectivity index (χ0v) is 17.8. The van der Waals surface area contributed by atoms with E-state index in [0.29, 0.717) is 29.7 Å². The standard InChI is InChI=1S/C21H21FN4O2S.ClH/c22-18-11-14(8-9-17(18)19-12-26-20(23)13-25-19)16-7-4-10-24-21(16)29(27,28)15-5-2-1-3-6-15;/h4,7-13,15H,1-3,5-6H2,(H2,23,26);1H. The Bertz CT molecular complexity index is 1130. The van der Waals surface area contributed by atoms with E-state index in [1.165, 1.54) is 24.7 Å². The van der Waals surface area contributed by atoms with Crippen LogP contribution in [0.4, 0.5) is 10.2 Å². The molecule has 158 valence electrons. The molecule has 2 aromatic heterocycles. The Labute approximate surface area is 181 Å². The first-order valence-electron chi connectivity index (χ1n) is 9.53. The van der Waals surface area contributed by atoms with Crippen LogP contribution in [-0.4, -0.2) is 28.6 Å². The summed E-state index contributed by atoms with van der Waals surface area (Å²) in [7, 11) is -3.59. The van der Waals surface area contributed by atoms with Crippen LogP contribution in [0, 0.1) is 5.82 Å². The Hall–Kier alpha value is -2.58. The maximum absolute atomic E-state index is 14.8. The number of nitrogens with zero attached hydrogens (tertiary/aromatic N) is 3. The van der Waals surface area contributed by atoms with E-state index in [2.05, 4.69) is 15.0 Å². The van der Waals surface area contributed by atoms with E-state index >= 15 is 0 Å². The highest BCUT2D eigenvalue weighted by molar-refractivity contribution is 7.92. The Balaban J connectivity index is 0.00000256. The third-order valence-electron chi connectivity index (χ3n) is 5.26. The second kappa shape index (κ2) is 9.06. The number of halogens is 2. The number of hydrogen-bond donors (Lipinski definition) is 1. The number of pyridine rings is 1. The van der Waals surface area contributed by atoms with Crippen LogP contribution in [0.25, 0.3) is 22.4 Å². The van der Waals surface area contributed by atoms with Gasteiger partial charge in [0.05, 0.1) is 23.3 Å². The van der Waals surface area contributed by atoms with Crippen LogP contribution in [-0.2, 0) is 9.84 Å². The summed E-state index contributed by atoms with van der Waals surface area (Å²) in [6.45, 7) is 0. The second-order valence-electron chi connectivity index (χ2n) is 7.18. The van der Waals surface area contributed by atoms with Gasteiger partial charge in [-0.25, -0.2) is 22.8 Å². The summed E-state index contributed by atoms with van der Waals surface area (Å²) in [5.41, 5.74) is 7.01. The molecule has 1 aliphatic rings. The van der Waals surface area contributed by atoms with Crippen molar-refractivity contribution in [1.82, 2.24) is 15.0 Å². The Morgan fingerprint density at radius 3 is 2.40 bits per heavy atom. The van der Waals surface area contributed by atoms with Gasteiger partial charge in [0, 0.05) is 17.3 Å². The maximum Gasteiger partial charge on any atom is 0.199 e. The molecule has 1 aromatic carbocycles. The van der Waals surface area contributed by atoms with Crippen molar-refractivity contribution in [3.05, 3.63) is 54.7 Å². The topological polar surface area (TPSA) is 98.8 Å². The molecular weight excluding hydrogens is 427 g/mol. The van der Waals surface area contributed by atoms with Gasteiger partial charge in [0.15, 0.2) is 14.9 Å². The third kappa shape index (κ3) is 4.29. The minimum atomic E-state index is -3.59. The van der Waals surface area contributed by atoms with Crippen molar-refractivity contribution in [1.29, 1.82) is 0 Å². The molecule has 6 nitrogen and oxygen atoms in total. The summed E-state index contributed by atoms with van der Waals surface area (Å²) in [4.78, 5) is 12.2. The summed E-state index contributed by atoms with van der Waals surface area (Å²) >= 11 is 0. The normalized spacial score (nSPS) is 14.8. The number of sulfone groups is 1. The zero-order valence-electron chi connectivity index (χ0n) is 16.2. The van der Waals surface area contributed by atoms with Crippen LogP contribution in [0.2, 0.25) is 0 Å². The molecule has 30 heavy (non-hydrogen) atoms. The predicted octanol–water partition coefficient (Wildman–Crippen LogP) is 4.46. The second-order valence-corrected chi connectivity index (χ2v) is 9.33. The number of nitrogen functional groups attached to an aromatic ring is 1. The van der Waals surface area contributed by atoms with Crippen molar-refractivity contribution in [2.75, 3.05) is 5.73 Å². The summed E-state index contributed by atoms with van der Waals surface area (Å²) < 4.78 is 41.2. The lowest BCUT2D eigenvalue weighted by molar-refractivity contribution is 0.482. The van der Waals surface area contributed by atoms with Crippen LogP contribution in [0.15, 0.2) is 53.9 Å². The highest BCUT2D eigenvalue weighted by Gasteiger charge is 2.32. The van der Waals surface area contributed by atoms with Crippen molar-refractivity contribution < 1.29 is 12.8 Å². The van der Waals surface area contributed by atoms with Crippen LogP contribution < -0.4 is 5.73 Å². The molecule has 2 N–H and O–H groups in total. The average Bonchev–Trinajstić information content (AvgIpc) is 2.75. The molecule has 1 saturated carbocycles. The maximum atomic E-state index is 14.8. The molecule has 3 aromatic rings. The minimum absolute atomic E-state index is 0. The SMILES string of the molecule is Cl.Nc1cnc(-c2ccc(-c3cccnc3S(=O)(=O)C3CCCCC3)cc2F)cn1. The summed E-state index contributed by atoms with van der Waals surface area (Å²) in [6, 6.07) is 7.87. The quantitative estimate of drug-likeness (QED) is 0.632. The van der Waals surface area contributed by atoms with Gasteiger partial charge < -0.3 is 5.73 Å².